The fraction of sp³-hybridized carbons (Fsp3) is 0.211. The normalized spacial score (nSPS) is 13.6. The van der Waals surface area contributed by atoms with E-state index in [1.807, 2.05) is 42.5 Å². The number of benzene rings is 2. The number of hydrogen-bond donors (Lipinski definition) is 0. The average Bonchev–Trinajstić information content (AvgIpc) is 3.40. The highest BCUT2D eigenvalue weighted by Crippen LogP contribution is 2.41. The zero-order chi connectivity index (χ0) is 16.4. The third-order valence-electron chi connectivity index (χ3n) is 4.07. The first-order valence-corrected chi connectivity index (χ1v) is 8.96. The topological polar surface area (TPSA) is 54.5 Å². The van der Waals surface area contributed by atoms with E-state index >= 15 is 0 Å². The van der Waals surface area contributed by atoms with E-state index < -0.39 is 0 Å². The molecular formula is C19H16N4S. The molecule has 0 unspecified atom stereocenters. The largest absolute Gasteiger partial charge is 0.274 e. The molecule has 118 valence electrons. The van der Waals surface area contributed by atoms with Crippen LogP contribution in [0.5, 0.6) is 0 Å². The van der Waals surface area contributed by atoms with Gasteiger partial charge in [-0.15, -0.1) is 10.2 Å². The summed E-state index contributed by atoms with van der Waals surface area (Å²) in [6, 6.07) is 20.2. The third-order valence-corrected chi connectivity index (χ3v) is 5.07. The molecule has 0 spiro atoms. The Morgan fingerprint density at radius 3 is 2.46 bits per heavy atom. The van der Waals surface area contributed by atoms with Crippen LogP contribution in [0.4, 0.5) is 0 Å². The Labute approximate surface area is 145 Å². The van der Waals surface area contributed by atoms with Crippen LogP contribution in [-0.4, -0.2) is 14.8 Å². The molecule has 1 aliphatic rings. The molecule has 4 nitrogen and oxygen atoms in total. The summed E-state index contributed by atoms with van der Waals surface area (Å²) in [5.41, 5.74) is 2.98. The van der Waals surface area contributed by atoms with Gasteiger partial charge in [-0.25, -0.2) is 0 Å². The molecule has 1 saturated carbocycles. The second-order valence-corrected chi connectivity index (χ2v) is 6.83. The van der Waals surface area contributed by atoms with E-state index in [1.54, 1.807) is 11.8 Å². The molecule has 0 N–H and O–H groups in total. The lowest BCUT2D eigenvalue weighted by Gasteiger charge is -2.09. The number of hydrogen-bond acceptors (Lipinski definition) is 4. The van der Waals surface area contributed by atoms with Crippen LogP contribution in [0, 0.1) is 11.3 Å². The SMILES string of the molecule is N#Cc1ccc(CSc2nnc(C3CC3)n2-c2ccccc2)cc1. The molecule has 0 atom stereocenters. The Morgan fingerprint density at radius 1 is 1.04 bits per heavy atom. The highest BCUT2D eigenvalue weighted by atomic mass is 32.2. The molecule has 24 heavy (non-hydrogen) atoms. The molecule has 0 aliphatic heterocycles. The minimum Gasteiger partial charge on any atom is -0.274 e. The second-order valence-electron chi connectivity index (χ2n) is 5.88. The van der Waals surface area contributed by atoms with Gasteiger partial charge < -0.3 is 0 Å². The smallest absolute Gasteiger partial charge is 0.196 e. The lowest BCUT2D eigenvalue weighted by atomic mass is 10.2. The van der Waals surface area contributed by atoms with Gasteiger partial charge in [-0.1, -0.05) is 42.1 Å². The first-order chi connectivity index (χ1) is 11.8. The summed E-state index contributed by atoms with van der Waals surface area (Å²) in [4.78, 5) is 0. The Morgan fingerprint density at radius 2 is 1.79 bits per heavy atom. The fourth-order valence-corrected chi connectivity index (χ4v) is 3.54. The summed E-state index contributed by atoms with van der Waals surface area (Å²) in [6.45, 7) is 0. The standard InChI is InChI=1S/C19H16N4S/c20-12-14-6-8-15(9-7-14)13-24-19-22-21-18(16-10-11-16)23(19)17-4-2-1-3-5-17/h1-9,16H,10-11,13H2. The third kappa shape index (κ3) is 3.06. The maximum absolute atomic E-state index is 8.88. The van der Waals surface area contributed by atoms with Gasteiger partial charge in [0.25, 0.3) is 0 Å². The van der Waals surface area contributed by atoms with Crippen molar-refractivity contribution in [1.82, 2.24) is 14.8 Å². The van der Waals surface area contributed by atoms with E-state index in [1.165, 1.54) is 18.4 Å². The first-order valence-electron chi connectivity index (χ1n) is 7.98. The summed E-state index contributed by atoms with van der Waals surface area (Å²) in [5, 5.41) is 18.7. The molecule has 0 radical (unpaired) electrons. The first kappa shape index (κ1) is 15.0. The van der Waals surface area contributed by atoms with Gasteiger partial charge >= 0.3 is 0 Å². The van der Waals surface area contributed by atoms with E-state index in [-0.39, 0.29) is 0 Å². The monoisotopic (exact) mass is 332 g/mol. The van der Waals surface area contributed by atoms with Crippen LogP contribution in [0.1, 0.15) is 35.7 Å². The van der Waals surface area contributed by atoms with Gasteiger partial charge in [-0.05, 0) is 42.7 Å². The van der Waals surface area contributed by atoms with Crippen LogP contribution in [0.3, 0.4) is 0 Å². The number of thioether (sulfide) groups is 1. The Bertz CT molecular complexity index is 874. The van der Waals surface area contributed by atoms with Crippen molar-refractivity contribution in [3.05, 3.63) is 71.5 Å². The van der Waals surface area contributed by atoms with Gasteiger partial charge in [0.1, 0.15) is 5.82 Å². The predicted octanol–water partition coefficient (Wildman–Crippen LogP) is 4.31. The summed E-state index contributed by atoms with van der Waals surface area (Å²) >= 11 is 1.68. The Kier molecular flexibility index (Phi) is 4.06. The summed E-state index contributed by atoms with van der Waals surface area (Å²) in [7, 11) is 0. The van der Waals surface area contributed by atoms with Crippen LogP contribution in [-0.2, 0) is 5.75 Å². The quantitative estimate of drug-likeness (QED) is 0.653. The highest BCUT2D eigenvalue weighted by Gasteiger charge is 2.30. The molecule has 5 heteroatoms. The maximum Gasteiger partial charge on any atom is 0.196 e. The number of para-hydroxylation sites is 1. The summed E-state index contributed by atoms with van der Waals surface area (Å²) in [6.07, 6.45) is 2.40. The zero-order valence-corrected chi connectivity index (χ0v) is 13.9. The number of nitrogens with zero attached hydrogens (tertiary/aromatic N) is 4. The number of nitriles is 1. The molecule has 1 aliphatic carbocycles. The molecule has 3 aromatic rings. The molecule has 1 aromatic heterocycles. The minimum atomic E-state index is 0.543. The van der Waals surface area contributed by atoms with Crippen molar-refractivity contribution in [3.63, 3.8) is 0 Å². The van der Waals surface area contributed by atoms with Gasteiger partial charge in [-0.2, -0.15) is 5.26 Å². The summed E-state index contributed by atoms with van der Waals surface area (Å²) in [5.74, 6) is 2.42. The summed E-state index contributed by atoms with van der Waals surface area (Å²) < 4.78 is 2.19. The van der Waals surface area contributed by atoms with Crippen molar-refractivity contribution in [3.8, 4) is 11.8 Å². The predicted molar refractivity (Wildman–Crippen MR) is 94.1 cm³/mol. The molecule has 0 saturated heterocycles. The van der Waals surface area contributed by atoms with Crippen molar-refractivity contribution in [1.29, 1.82) is 5.26 Å². The van der Waals surface area contributed by atoms with Gasteiger partial charge in [0, 0.05) is 17.4 Å². The zero-order valence-electron chi connectivity index (χ0n) is 13.1. The van der Waals surface area contributed by atoms with E-state index in [0.717, 1.165) is 22.4 Å². The van der Waals surface area contributed by atoms with Gasteiger partial charge in [0.2, 0.25) is 0 Å². The van der Waals surface area contributed by atoms with Crippen LogP contribution < -0.4 is 0 Å². The van der Waals surface area contributed by atoms with E-state index in [4.69, 9.17) is 5.26 Å². The van der Waals surface area contributed by atoms with E-state index in [0.29, 0.717) is 11.5 Å². The molecule has 0 amide bonds. The average molecular weight is 332 g/mol. The molecule has 1 heterocycles. The van der Waals surface area contributed by atoms with E-state index in [9.17, 15) is 0 Å². The number of aromatic nitrogens is 3. The molecule has 2 aromatic carbocycles. The molecule has 0 bridgehead atoms. The Hall–Kier alpha value is -2.58. The van der Waals surface area contributed by atoms with Gasteiger partial charge in [0.05, 0.1) is 11.6 Å². The van der Waals surface area contributed by atoms with Gasteiger partial charge in [-0.3, -0.25) is 4.57 Å². The molecule has 1 fully saturated rings. The van der Waals surface area contributed by atoms with E-state index in [2.05, 4.69) is 33.0 Å². The van der Waals surface area contributed by atoms with Crippen LogP contribution in [0.15, 0.2) is 59.8 Å². The van der Waals surface area contributed by atoms with Crippen LogP contribution >= 0.6 is 11.8 Å². The van der Waals surface area contributed by atoms with Gasteiger partial charge in [0.15, 0.2) is 5.16 Å². The minimum absolute atomic E-state index is 0.543. The Balaban J connectivity index is 1.60. The lowest BCUT2D eigenvalue weighted by molar-refractivity contribution is 0.829. The van der Waals surface area contributed by atoms with Crippen molar-refractivity contribution >= 4 is 11.8 Å². The van der Waals surface area contributed by atoms with Crippen molar-refractivity contribution in [2.24, 2.45) is 0 Å². The molecule has 4 rings (SSSR count). The highest BCUT2D eigenvalue weighted by molar-refractivity contribution is 7.98. The lowest BCUT2D eigenvalue weighted by Crippen LogP contribution is -2.01. The molecular weight excluding hydrogens is 316 g/mol. The number of rotatable bonds is 5. The second kappa shape index (κ2) is 6.50. The van der Waals surface area contributed by atoms with Crippen molar-refractivity contribution < 1.29 is 0 Å². The maximum atomic E-state index is 8.88. The van der Waals surface area contributed by atoms with Crippen molar-refractivity contribution in [2.75, 3.05) is 0 Å². The van der Waals surface area contributed by atoms with Crippen LogP contribution in [0.25, 0.3) is 5.69 Å². The van der Waals surface area contributed by atoms with Crippen molar-refractivity contribution in [2.45, 2.75) is 29.7 Å². The van der Waals surface area contributed by atoms with Crippen LogP contribution in [0.2, 0.25) is 0 Å². The fourth-order valence-electron chi connectivity index (χ4n) is 2.62.